The van der Waals surface area contributed by atoms with Crippen LogP contribution < -0.4 is 0 Å². The SMILES string of the molecule is C=C/C(C)=C/CCC(C)Cc1cc(C(=O)O)co1. The summed E-state index contributed by atoms with van der Waals surface area (Å²) in [5, 5.41) is 8.78. The number of hydrogen-bond acceptors (Lipinski definition) is 2. The summed E-state index contributed by atoms with van der Waals surface area (Å²) in [7, 11) is 0. The van der Waals surface area contributed by atoms with E-state index in [1.54, 1.807) is 6.07 Å². The van der Waals surface area contributed by atoms with Gasteiger partial charge in [-0.25, -0.2) is 4.79 Å². The molecule has 0 aromatic carbocycles. The van der Waals surface area contributed by atoms with Gasteiger partial charge in [-0.1, -0.05) is 31.2 Å². The first-order chi connectivity index (χ1) is 8.52. The lowest BCUT2D eigenvalue weighted by Crippen LogP contribution is -1.98. The van der Waals surface area contributed by atoms with Gasteiger partial charge in [0.25, 0.3) is 0 Å². The fourth-order valence-electron chi connectivity index (χ4n) is 1.72. The Bertz CT molecular complexity index is 440. The van der Waals surface area contributed by atoms with Crippen molar-refractivity contribution < 1.29 is 14.3 Å². The average Bonchev–Trinajstić information content (AvgIpc) is 2.77. The quantitative estimate of drug-likeness (QED) is 0.740. The Balaban J connectivity index is 2.41. The summed E-state index contributed by atoms with van der Waals surface area (Å²) in [6.45, 7) is 7.88. The van der Waals surface area contributed by atoms with E-state index in [0.717, 1.165) is 25.0 Å². The molecule has 18 heavy (non-hydrogen) atoms. The lowest BCUT2D eigenvalue weighted by atomic mass is 9.99. The van der Waals surface area contributed by atoms with Crippen molar-refractivity contribution in [3.63, 3.8) is 0 Å². The van der Waals surface area contributed by atoms with Crippen LogP contribution in [0.4, 0.5) is 0 Å². The minimum Gasteiger partial charge on any atom is -0.478 e. The van der Waals surface area contributed by atoms with Gasteiger partial charge in [0.2, 0.25) is 0 Å². The first kappa shape index (κ1) is 14.3. The van der Waals surface area contributed by atoms with Crippen LogP contribution in [-0.4, -0.2) is 11.1 Å². The predicted molar refractivity (Wildman–Crippen MR) is 71.7 cm³/mol. The largest absolute Gasteiger partial charge is 0.478 e. The number of furan rings is 1. The fourth-order valence-corrected chi connectivity index (χ4v) is 1.72. The zero-order valence-corrected chi connectivity index (χ0v) is 11.0. The maximum Gasteiger partial charge on any atom is 0.338 e. The van der Waals surface area contributed by atoms with Crippen LogP contribution in [0.2, 0.25) is 0 Å². The first-order valence-electron chi connectivity index (χ1n) is 6.12. The Hall–Kier alpha value is -1.77. The first-order valence-corrected chi connectivity index (χ1v) is 6.12. The van der Waals surface area contributed by atoms with Gasteiger partial charge in [0.1, 0.15) is 12.0 Å². The predicted octanol–water partition coefficient (Wildman–Crippen LogP) is 4.07. The van der Waals surface area contributed by atoms with Crippen molar-refractivity contribution in [2.75, 3.05) is 0 Å². The Kier molecular flexibility index (Phi) is 5.43. The molecular formula is C15H20O3. The number of carboxylic acids is 1. The summed E-state index contributed by atoms with van der Waals surface area (Å²) in [5.74, 6) is 0.262. The highest BCUT2D eigenvalue weighted by Crippen LogP contribution is 2.17. The van der Waals surface area contributed by atoms with Gasteiger partial charge < -0.3 is 9.52 Å². The molecule has 0 saturated carbocycles. The second-order valence-electron chi connectivity index (χ2n) is 4.65. The Morgan fingerprint density at radius 2 is 2.33 bits per heavy atom. The van der Waals surface area contributed by atoms with Crippen LogP contribution in [0.5, 0.6) is 0 Å². The molecule has 0 aliphatic rings. The Labute approximate surface area is 108 Å². The van der Waals surface area contributed by atoms with Gasteiger partial charge in [0.15, 0.2) is 0 Å². The highest BCUT2D eigenvalue weighted by molar-refractivity contribution is 5.87. The van der Waals surface area contributed by atoms with Crippen LogP contribution in [0.25, 0.3) is 0 Å². The van der Waals surface area contributed by atoms with Crippen molar-refractivity contribution >= 4 is 5.97 Å². The molecule has 1 heterocycles. The Morgan fingerprint density at radius 3 is 2.89 bits per heavy atom. The molecule has 0 aliphatic carbocycles. The summed E-state index contributed by atoms with van der Waals surface area (Å²) in [4.78, 5) is 10.7. The van der Waals surface area contributed by atoms with Gasteiger partial charge in [0, 0.05) is 6.42 Å². The molecule has 0 radical (unpaired) electrons. The van der Waals surface area contributed by atoms with E-state index in [-0.39, 0.29) is 5.56 Å². The van der Waals surface area contributed by atoms with Crippen molar-refractivity contribution in [3.8, 4) is 0 Å². The summed E-state index contributed by atoms with van der Waals surface area (Å²) in [6.07, 6.45) is 8.13. The highest BCUT2D eigenvalue weighted by Gasteiger charge is 2.10. The molecule has 0 amide bonds. The lowest BCUT2D eigenvalue weighted by Gasteiger charge is -2.07. The van der Waals surface area contributed by atoms with Crippen LogP contribution in [0.1, 0.15) is 42.8 Å². The summed E-state index contributed by atoms with van der Waals surface area (Å²) in [5.41, 5.74) is 1.41. The van der Waals surface area contributed by atoms with E-state index in [4.69, 9.17) is 9.52 Å². The van der Waals surface area contributed by atoms with Gasteiger partial charge in [-0.2, -0.15) is 0 Å². The minimum absolute atomic E-state index is 0.222. The summed E-state index contributed by atoms with van der Waals surface area (Å²) < 4.78 is 5.23. The van der Waals surface area contributed by atoms with Gasteiger partial charge in [-0.3, -0.25) is 0 Å². The monoisotopic (exact) mass is 248 g/mol. The topological polar surface area (TPSA) is 50.4 Å². The standard InChI is InChI=1S/C15H20O3/c1-4-11(2)6-5-7-12(3)8-14-9-13(10-18-14)15(16)17/h4,6,9-10,12H,1,5,7-8H2,2-3H3,(H,16,17)/b11-6+. The van der Waals surface area contributed by atoms with Crippen molar-refractivity contribution in [1.82, 2.24) is 0 Å². The lowest BCUT2D eigenvalue weighted by molar-refractivity contribution is 0.0696. The molecule has 1 aromatic heterocycles. The van der Waals surface area contributed by atoms with E-state index >= 15 is 0 Å². The maximum absolute atomic E-state index is 10.7. The normalized spacial score (nSPS) is 13.3. The van der Waals surface area contributed by atoms with E-state index in [9.17, 15) is 4.79 Å². The Morgan fingerprint density at radius 1 is 1.61 bits per heavy atom. The number of rotatable bonds is 7. The molecular weight excluding hydrogens is 228 g/mol. The van der Waals surface area contributed by atoms with Crippen molar-refractivity contribution in [3.05, 3.63) is 48.0 Å². The second-order valence-corrected chi connectivity index (χ2v) is 4.65. The number of aromatic carboxylic acids is 1. The van der Waals surface area contributed by atoms with Crippen LogP contribution in [0.15, 0.2) is 41.1 Å². The molecule has 0 saturated heterocycles. The van der Waals surface area contributed by atoms with Crippen LogP contribution in [-0.2, 0) is 6.42 Å². The van der Waals surface area contributed by atoms with Crippen LogP contribution in [0, 0.1) is 5.92 Å². The van der Waals surface area contributed by atoms with Crippen molar-refractivity contribution in [1.29, 1.82) is 0 Å². The molecule has 3 nitrogen and oxygen atoms in total. The molecule has 98 valence electrons. The highest BCUT2D eigenvalue weighted by atomic mass is 16.4. The van der Waals surface area contributed by atoms with E-state index in [2.05, 4.69) is 19.6 Å². The average molecular weight is 248 g/mol. The molecule has 1 rings (SSSR count). The van der Waals surface area contributed by atoms with E-state index in [0.29, 0.717) is 5.92 Å². The molecule has 0 aliphatic heterocycles. The van der Waals surface area contributed by atoms with Gasteiger partial charge in [-0.15, -0.1) is 0 Å². The van der Waals surface area contributed by atoms with Crippen LogP contribution in [0.3, 0.4) is 0 Å². The zero-order valence-electron chi connectivity index (χ0n) is 11.0. The minimum atomic E-state index is -0.942. The molecule has 0 bridgehead atoms. The van der Waals surface area contributed by atoms with Gasteiger partial charge >= 0.3 is 5.97 Å². The van der Waals surface area contributed by atoms with E-state index in [1.807, 2.05) is 13.0 Å². The summed E-state index contributed by atoms with van der Waals surface area (Å²) in [6, 6.07) is 1.60. The van der Waals surface area contributed by atoms with E-state index in [1.165, 1.54) is 11.8 Å². The molecule has 3 heteroatoms. The molecule has 0 fully saturated rings. The zero-order chi connectivity index (χ0) is 13.5. The molecule has 1 unspecified atom stereocenters. The third-order valence-corrected chi connectivity index (χ3v) is 2.90. The molecule has 1 atom stereocenters. The second kappa shape index (κ2) is 6.84. The molecule has 1 aromatic rings. The van der Waals surface area contributed by atoms with Crippen molar-refractivity contribution in [2.45, 2.75) is 33.1 Å². The van der Waals surface area contributed by atoms with Gasteiger partial charge in [-0.05, 0) is 31.7 Å². The fraction of sp³-hybridized carbons (Fsp3) is 0.400. The van der Waals surface area contributed by atoms with Crippen molar-refractivity contribution in [2.24, 2.45) is 5.92 Å². The van der Waals surface area contributed by atoms with E-state index < -0.39 is 5.97 Å². The maximum atomic E-state index is 10.7. The number of carboxylic acid groups (broad SMARTS) is 1. The number of allylic oxidation sites excluding steroid dienone is 3. The third kappa shape index (κ3) is 4.62. The smallest absolute Gasteiger partial charge is 0.338 e. The molecule has 0 spiro atoms. The number of hydrogen-bond donors (Lipinski definition) is 1. The summed E-state index contributed by atoms with van der Waals surface area (Å²) >= 11 is 0. The molecule has 1 N–H and O–H groups in total. The van der Waals surface area contributed by atoms with Gasteiger partial charge in [0.05, 0.1) is 5.56 Å². The van der Waals surface area contributed by atoms with Crippen LogP contribution >= 0.6 is 0 Å². The number of carbonyl (C=O) groups is 1. The third-order valence-electron chi connectivity index (χ3n) is 2.90.